The summed E-state index contributed by atoms with van der Waals surface area (Å²) in [6, 6.07) is 5.53. The van der Waals surface area contributed by atoms with Crippen LogP contribution in [0.3, 0.4) is 0 Å². The minimum atomic E-state index is -0.507. The number of amides is 1. The number of carbonyl (C=O) groups excluding carboxylic acids is 1. The van der Waals surface area contributed by atoms with Crippen molar-refractivity contribution in [3.63, 3.8) is 0 Å². The first-order valence-electron chi connectivity index (χ1n) is 6.65. The van der Waals surface area contributed by atoms with Gasteiger partial charge in [0.2, 0.25) is 11.8 Å². The molecule has 6 nitrogen and oxygen atoms in total. The van der Waals surface area contributed by atoms with Crippen LogP contribution in [0.25, 0.3) is 0 Å². The number of carbonyl (C=O) groups is 1. The molecule has 1 aliphatic rings. The Morgan fingerprint density at radius 1 is 1.50 bits per heavy atom. The van der Waals surface area contributed by atoms with E-state index >= 15 is 0 Å². The molecule has 1 aromatic heterocycles. The van der Waals surface area contributed by atoms with Gasteiger partial charge in [0.25, 0.3) is 0 Å². The molecule has 1 aromatic rings. The molecular weight excluding hydrogens is 258 g/mol. The maximum atomic E-state index is 11.7. The summed E-state index contributed by atoms with van der Waals surface area (Å²) in [5, 5.41) is 10.1. The lowest BCUT2D eigenvalue weighted by Gasteiger charge is -2.18. The number of hydrogen-bond donors (Lipinski definition) is 1. The summed E-state index contributed by atoms with van der Waals surface area (Å²) >= 11 is 0. The van der Waals surface area contributed by atoms with Crippen LogP contribution in [0.15, 0.2) is 18.2 Å². The van der Waals surface area contributed by atoms with Crippen LogP contribution in [-0.2, 0) is 4.79 Å². The van der Waals surface area contributed by atoms with Crippen molar-refractivity contribution < 1.29 is 14.6 Å². The number of aliphatic hydroxyl groups excluding tert-OH is 1. The topological polar surface area (TPSA) is 65.9 Å². The summed E-state index contributed by atoms with van der Waals surface area (Å²) in [6.07, 6.45) is -0.152. The van der Waals surface area contributed by atoms with Crippen molar-refractivity contribution in [1.29, 1.82) is 0 Å². The maximum absolute atomic E-state index is 11.7. The summed E-state index contributed by atoms with van der Waals surface area (Å²) in [4.78, 5) is 19.6. The van der Waals surface area contributed by atoms with Gasteiger partial charge in [-0.1, -0.05) is 6.07 Å². The molecule has 1 aliphatic heterocycles. The molecule has 20 heavy (non-hydrogen) atoms. The van der Waals surface area contributed by atoms with E-state index in [0.717, 1.165) is 5.82 Å². The van der Waals surface area contributed by atoms with Gasteiger partial charge in [0, 0.05) is 45.6 Å². The number of β-amino-alcohol motifs (C(OH)–C–C–N with tert-alkyl or cyclic N) is 1. The number of hydrogen-bond acceptors (Lipinski definition) is 5. The summed E-state index contributed by atoms with van der Waals surface area (Å²) in [7, 11) is 5.03. The predicted octanol–water partition coefficient (Wildman–Crippen LogP) is 0.366. The second-order valence-corrected chi connectivity index (χ2v) is 5.26. The quantitative estimate of drug-likeness (QED) is 0.862. The van der Waals surface area contributed by atoms with Crippen LogP contribution in [0.5, 0.6) is 5.88 Å². The molecule has 0 saturated carbocycles. The number of pyridine rings is 1. The van der Waals surface area contributed by atoms with E-state index in [0.29, 0.717) is 25.4 Å². The number of aromatic nitrogens is 1. The van der Waals surface area contributed by atoms with Gasteiger partial charge in [0.1, 0.15) is 5.82 Å². The van der Waals surface area contributed by atoms with Crippen LogP contribution >= 0.6 is 0 Å². The Morgan fingerprint density at radius 3 is 2.90 bits per heavy atom. The van der Waals surface area contributed by atoms with Gasteiger partial charge in [-0.05, 0) is 6.07 Å². The van der Waals surface area contributed by atoms with Gasteiger partial charge < -0.3 is 19.6 Å². The molecule has 0 unspecified atom stereocenters. The van der Waals surface area contributed by atoms with E-state index in [1.54, 1.807) is 32.2 Å². The minimum Gasteiger partial charge on any atom is -0.481 e. The van der Waals surface area contributed by atoms with Crippen molar-refractivity contribution in [1.82, 2.24) is 9.88 Å². The number of methoxy groups -OCH3 is 1. The van der Waals surface area contributed by atoms with Crippen molar-refractivity contribution in [2.45, 2.75) is 12.5 Å². The monoisotopic (exact) mass is 279 g/mol. The average molecular weight is 279 g/mol. The first kappa shape index (κ1) is 14.6. The van der Waals surface area contributed by atoms with Crippen molar-refractivity contribution in [2.75, 3.05) is 39.2 Å². The van der Waals surface area contributed by atoms with Crippen LogP contribution in [0, 0.1) is 5.92 Å². The number of anilines is 1. The number of aliphatic hydroxyl groups is 1. The zero-order chi connectivity index (χ0) is 14.7. The Kier molecular flexibility index (Phi) is 4.44. The SMILES string of the molecule is COc1cccc(N2C[C@@H](CC(=O)N(C)C)[C@H](O)C2)n1. The number of nitrogens with zero attached hydrogens (tertiary/aromatic N) is 3. The highest BCUT2D eigenvalue weighted by Gasteiger charge is 2.33. The first-order chi connectivity index (χ1) is 9.51. The van der Waals surface area contributed by atoms with Gasteiger partial charge in [0.05, 0.1) is 13.2 Å². The Morgan fingerprint density at radius 2 is 2.25 bits per heavy atom. The van der Waals surface area contributed by atoms with Gasteiger partial charge >= 0.3 is 0 Å². The smallest absolute Gasteiger partial charge is 0.222 e. The molecule has 1 fully saturated rings. The van der Waals surface area contributed by atoms with Crippen molar-refractivity contribution in [3.05, 3.63) is 18.2 Å². The third-order valence-corrected chi connectivity index (χ3v) is 3.58. The van der Waals surface area contributed by atoms with E-state index in [1.165, 1.54) is 0 Å². The Labute approximate surface area is 119 Å². The predicted molar refractivity (Wildman–Crippen MR) is 75.8 cm³/mol. The summed E-state index contributed by atoms with van der Waals surface area (Å²) in [5.74, 6) is 1.29. The third-order valence-electron chi connectivity index (χ3n) is 3.58. The Hall–Kier alpha value is -1.82. The molecule has 0 aliphatic carbocycles. The summed E-state index contributed by atoms with van der Waals surface area (Å²) in [5.41, 5.74) is 0. The van der Waals surface area contributed by atoms with Gasteiger partial charge in [-0.2, -0.15) is 4.98 Å². The highest BCUT2D eigenvalue weighted by atomic mass is 16.5. The summed E-state index contributed by atoms with van der Waals surface area (Å²) in [6.45, 7) is 1.12. The highest BCUT2D eigenvalue weighted by molar-refractivity contribution is 5.76. The van der Waals surface area contributed by atoms with Crippen LogP contribution in [0.2, 0.25) is 0 Å². The van der Waals surface area contributed by atoms with E-state index in [1.807, 2.05) is 17.0 Å². The molecule has 0 aromatic carbocycles. The van der Waals surface area contributed by atoms with Crippen LogP contribution in [0.4, 0.5) is 5.82 Å². The molecule has 2 heterocycles. The van der Waals surface area contributed by atoms with Gasteiger partial charge in [0.15, 0.2) is 0 Å². The largest absolute Gasteiger partial charge is 0.481 e. The van der Waals surface area contributed by atoms with Crippen molar-refractivity contribution in [2.24, 2.45) is 5.92 Å². The normalized spacial score (nSPS) is 21.9. The molecule has 0 bridgehead atoms. The average Bonchev–Trinajstić information content (AvgIpc) is 2.80. The van der Waals surface area contributed by atoms with Crippen LogP contribution < -0.4 is 9.64 Å². The van der Waals surface area contributed by atoms with Gasteiger partial charge in [-0.3, -0.25) is 4.79 Å². The summed E-state index contributed by atoms with van der Waals surface area (Å²) < 4.78 is 5.10. The van der Waals surface area contributed by atoms with Crippen LogP contribution in [0.1, 0.15) is 6.42 Å². The molecule has 110 valence electrons. The van der Waals surface area contributed by atoms with Crippen molar-refractivity contribution >= 4 is 11.7 Å². The van der Waals surface area contributed by atoms with E-state index < -0.39 is 6.10 Å². The molecule has 0 radical (unpaired) electrons. The van der Waals surface area contributed by atoms with Gasteiger partial charge in [-0.15, -0.1) is 0 Å². The molecule has 6 heteroatoms. The van der Waals surface area contributed by atoms with E-state index in [4.69, 9.17) is 4.74 Å². The Bertz CT molecular complexity index is 478. The minimum absolute atomic E-state index is 0.0366. The lowest BCUT2D eigenvalue weighted by atomic mass is 10.0. The second kappa shape index (κ2) is 6.09. The highest BCUT2D eigenvalue weighted by Crippen LogP contribution is 2.26. The second-order valence-electron chi connectivity index (χ2n) is 5.26. The van der Waals surface area contributed by atoms with Gasteiger partial charge in [-0.25, -0.2) is 0 Å². The van der Waals surface area contributed by atoms with E-state index in [-0.39, 0.29) is 11.8 Å². The molecule has 2 atom stereocenters. The fraction of sp³-hybridized carbons (Fsp3) is 0.571. The zero-order valence-electron chi connectivity index (χ0n) is 12.1. The molecule has 1 N–H and O–H groups in total. The molecule has 1 saturated heterocycles. The van der Waals surface area contributed by atoms with Crippen LogP contribution in [-0.4, -0.2) is 61.3 Å². The lowest BCUT2D eigenvalue weighted by Crippen LogP contribution is -2.28. The maximum Gasteiger partial charge on any atom is 0.222 e. The standard InChI is InChI=1S/C14H21N3O3/c1-16(2)14(19)7-10-8-17(9-11(10)18)12-5-4-6-13(15-12)20-3/h4-6,10-11,18H,7-9H2,1-3H3/t10-,11-/m1/s1. The molecule has 1 amide bonds. The Balaban J connectivity index is 2.04. The number of rotatable bonds is 4. The number of ether oxygens (including phenoxy) is 1. The van der Waals surface area contributed by atoms with E-state index in [9.17, 15) is 9.90 Å². The van der Waals surface area contributed by atoms with Crippen molar-refractivity contribution in [3.8, 4) is 5.88 Å². The molecule has 2 rings (SSSR count). The molecular formula is C14H21N3O3. The zero-order valence-corrected chi connectivity index (χ0v) is 12.1. The first-order valence-corrected chi connectivity index (χ1v) is 6.65. The molecule has 0 spiro atoms. The lowest BCUT2D eigenvalue weighted by molar-refractivity contribution is -0.130. The van der Waals surface area contributed by atoms with E-state index in [2.05, 4.69) is 4.98 Å². The third kappa shape index (κ3) is 3.19. The fourth-order valence-corrected chi connectivity index (χ4v) is 2.34. The fourth-order valence-electron chi connectivity index (χ4n) is 2.34.